The summed E-state index contributed by atoms with van der Waals surface area (Å²) >= 11 is 0. The van der Waals surface area contributed by atoms with E-state index in [0.29, 0.717) is 0 Å². The molecule has 0 heterocycles. The molecule has 1 aromatic carbocycles. The molecule has 5 nitrogen and oxygen atoms in total. The highest BCUT2D eigenvalue weighted by atomic mass is 35.5. The molecule has 0 amide bonds. The molecular formula is C17H33ClN2O3Si. The standard InChI is InChI=1S/C17H32N2O3Si.ClH/c1-5-19(16-17-10-7-6-8-11-17)14-13-18-12-9-15-23(20-2,21-3)22-4;/h6-8,10-11,18H,5,9,12-16H2,1-4H3;1H. The van der Waals surface area contributed by atoms with Gasteiger partial charge in [0.25, 0.3) is 0 Å². The van der Waals surface area contributed by atoms with Crippen LogP contribution in [0.25, 0.3) is 0 Å². The number of hydrogen-bond acceptors (Lipinski definition) is 5. The fourth-order valence-electron chi connectivity index (χ4n) is 2.54. The van der Waals surface area contributed by atoms with Gasteiger partial charge in [-0.15, -0.1) is 12.4 Å². The Bertz CT molecular complexity index is 400. The minimum Gasteiger partial charge on any atom is -0.377 e. The second-order valence-electron chi connectivity index (χ2n) is 5.50. The molecule has 7 heteroatoms. The maximum Gasteiger partial charge on any atom is 0.500 e. The Morgan fingerprint density at radius 2 is 1.62 bits per heavy atom. The van der Waals surface area contributed by atoms with Crippen LogP contribution >= 0.6 is 12.4 Å². The van der Waals surface area contributed by atoms with Gasteiger partial charge in [-0.05, 0) is 25.1 Å². The van der Waals surface area contributed by atoms with Crippen molar-refractivity contribution in [1.29, 1.82) is 0 Å². The maximum atomic E-state index is 5.42. The highest BCUT2D eigenvalue weighted by molar-refractivity contribution is 6.60. The van der Waals surface area contributed by atoms with E-state index >= 15 is 0 Å². The summed E-state index contributed by atoms with van der Waals surface area (Å²) < 4.78 is 16.3. The maximum absolute atomic E-state index is 5.42. The van der Waals surface area contributed by atoms with Crippen LogP contribution in [-0.4, -0.2) is 61.2 Å². The van der Waals surface area contributed by atoms with Crippen LogP contribution < -0.4 is 5.32 Å². The molecule has 24 heavy (non-hydrogen) atoms. The zero-order valence-electron chi connectivity index (χ0n) is 15.4. The Labute approximate surface area is 154 Å². The molecule has 0 saturated heterocycles. The lowest BCUT2D eigenvalue weighted by Crippen LogP contribution is -2.43. The van der Waals surface area contributed by atoms with Crippen molar-refractivity contribution in [3.05, 3.63) is 35.9 Å². The third kappa shape index (κ3) is 8.57. The fraction of sp³-hybridized carbons (Fsp3) is 0.647. The minimum atomic E-state index is -2.41. The third-order valence-electron chi connectivity index (χ3n) is 4.07. The normalized spacial score (nSPS) is 11.5. The summed E-state index contributed by atoms with van der Waals surface area (Å²) in [5.41, 5.74) is 1.37. The van der Waals surface area contributed by atoms with Crippen molar-refractivity contribution >= 4 is 21.2 Å². The number of rotatable bonds is 13. The molecule has 0 bridgehead atoms. The number of hydrogen-bond donors (Lipinski definition) is 1. The molecule has 0 aliphatic carbocycles. The van der Waals surface area contributed by atoms with E-state index < -0.39 is 8.80 Å². The van der Waals surface area contributed by atoms with E-state index in [4.69, 9.17) is 13.3 Å². The van der Waals surface area contributed by atoms with Crippen LogP contribution in [0, 0.1) is 0 Å². The van der Waals surface area contributed by atoms with Gasteiger partial charge in [-0.2, -0.15) is 0 Å². The summed E-state index contributed by atoms with van der Waals surface area (Å²) in [7, 11) is 2.58. The first-order valence-corrected chi connectivity index (χ1v) is 10.2. The van der Waals surface area contributed by atoms with Crippen molar-refractivity contribution in [3.8, 4) is 0 Å². The summed E-state index contributed by atoms with van der Waals surface area (Å²) in [5, 5.41) is 3.49. The predicted molar refractivity (Wildman–Crippen MR) is 104 cm³/mol. The second kappa shape index (κ2) is 13.8. The van der Waals surface area contributed by atoms with E-state index in [1.54, 1.807) is 21.3 Å². The van der Waals surface area contributed by atoms with E-state index in [-0.39, 0.29) is 12.4 Å². The molecule has 0 aromatic heterocycles. The van der Waals surface area contributed by atoms with Gasteiger partial charge in [0.2, 0.25) is 0 Å². The van der Waals surface area contributed by atoms with Crippen LogP contribution in [0.15, 0.2) is 30.3 Å². The van der Waals surface area contributed by atoms with Crippen LogP contribution in [0.4, 0.5) is 0 Å². The van der Waals surface area contributed by atoms with Crippen molar-refractivity contribution in [3.63, 3.8) is 0 Å². The van der Waals surface area contributed by atoms with Gasteiger partial charge in [0, 0.05) is 47.0 Å². The van der Waals surface area contributed by atoms with Crippen molar-refractivity contribution in [2.75, 3.05) is 47.5 Å². The second-order valence-corrected chi connectivity index (χ2v) is 8.59. The Balaban J connectivity index is 0.00000529. The Morgan fingerprint density at radius 1 is 1.00 bits per heavy atom. The highest BCUT2D eigenvalue weighted by Crippen LogP contribution is 2.14. The van der Waals surface area contributed by atoms with E-state index in [1.807, 2.05) is 0 Å². The SMILES string of the molecule is CCN(CCNCCC[Si](OC)(OC)OC)Cc1ccccc1.Cl. The van der Waals surface area contributed by atoms with E-state index in [9.17, 15) is 0 Å². The van der Waals surface area contributed by atoms with Crippen LogP contribution in [0.5, 0.6) is 0 Å². The molecule has 0 aliphatic heterocycles. The molecule has 0 spiro atoms. The quantitative estimate of drug-likeness (QED) is 0.423. The van der Waals surface area contributed by atoms with E-state index in [0.717, 1.165) is 45.2 Å². The zero-order valence-corrected chi connectivity index (χ0v) is 17.2. The monoisotopic (exact) mass is 376 g/mol. The summed E-state index contributed by atoms with van der Waals surface area (Å²) in [5.74, 6) is 0. The van der Waals surface area contributed by atoms with Gasteiger partial charge in [-0.1, -0.05) is 37.3 Å². The van der Waals surface area contributed by atoms with Gasteiger partial charge >= 0.3 is 8.80 Å². The van der Waals surface area contributed by atoms with E-state index in [1.165, 1.54) is 5.56 Å². The lowest BCUT2D eigenvalue weighted by Gasteiger charge is -2.24. The molecule has 1 N–H and O–H groups in total. The number of benzene rings is 1. The first-order chi connectivity index (χ1) is 11.2. The first-order valence-electron chi connectivity index (χ1n) is 8.32. The van der Waals surface area contributed by atoms with Gasteiger partial charge in [-0.25, -0.2) is 0 Å². The molecule has 1 aromatic rings. The molecule has 0 fully saturated rings. The summed E-state index contributed by atoms with van der Waals surface area (Å²) in [4.78, 5) is 2.45. The number of nitrogens with one attached hydrogen (secondary N) is 1. The minimum absolute atomic E-state index is 0. The van der Waals surface area contributed by atoms with Crippen LogP contribution in [0.1, 0.15) is 18.9 Å². The molecule has 0 unspecified atom stereocenters. The van der Waals surface area contributed by atoms with Crippen LogP contribution in [-0.2, 0) is 19.8 Å². The lowest BCUT2D eigenvalue weighted by molar-refractivity contribution is 0.123. The summed E-state index contributed by atoms with van der Waals surface area (Å²) in [6.45, 7) is 7.26. The smallest absolute Gasteiger partial charge is 0.377 e. The summed E-state index contributed by atoms with van der Waals surface area (Å²) in [6.07, 6.45) is 0.993. The largest absolute Gasteiger partial charge is 0.500 e. The van der Waals surface area contributed by atoms with Crippen molar-refractivity contribution in [1.82, 2.24) is 10.2 Å². The lowest BCUT2D eigenvalue weighted by atomic mass is 10.2. The number of likely N-dealkylation sites (N-methyl/N-ethyl adjacent to an activating group) is 1. The molecule has 0 atom stereocenters. The van der Waals surface area contributed by atoms with Gasteiger partial charge < -0.3 is 18.6 Å². The van der Waals surface area contributed by atoms with Gasteiger partial charge in [0.05, 0.1) is 0 Å². The number of nitrogens with zero attached hydrogens (tertiary/aromatic N) is 1. The van der Waals surface area contributed by atoms with Gasteiger partial charge in [-0.3, -0.25) is 4.90 Å². The van der Waals surface area contributed by atoms with Crippen molar-refractivity contribution < 1.29 is 13.3 Å². The molecule has 1 rings (SSSR count). The van der Waals surface area contributed by atoms with Gasteiger partial charge in [0.1, 0.15) is 0 Å². The molecule has 0 radical (unpaired) electrons. The van der Waals surface area contributed by atoms with Crippen molar-refractivity contribution in [2.45, 2.75) is 25.9 Å². The topological polar surface area (TPSA) is 43.0 Å². The van der Waals surface area contributed by atoms with Crippen LogP contribution in [0.3, 0.4) is 0 Å². The van der Waals surface area contributed by atoms with Gasteiger partial charge in [0.15, 0.2) is 0 Å². The summed E-state index contributed by atoms with van der Waals surface area (Å²) in [6, 6.07) is 11.5. The van der Waals surface area contributed by atoms with Crippen molar-refractivity contribution in [2.24, 2.45) is 0 Å². The molecule has 0 aliphatic rings. The third-order valence-corrected chi connectivity index (χ3v) is 6.90. The Hall–Kier alpha value is -0.473. The molecular weight excluding hydrogens is 344 g/mol. The first kappa shape index (κ1) is 23.5. The highest BCUT2D eigenvalue weighted by Gasteiger charge is 2.36. The van der Waals surface area contributed by atoms with Crippen LogP contribution in [0.2, 0.25) is 6.04 Å². The van der Waals surface area contributed by atoms with E-state index in [2.05, 4.69) is 47.5 Å². The Kier molecular flexibility index (Phi) is 13.5. The fourth-order valence-corrected chi connectivity index (χ4v) is 4.26. The average molecular weight is 377 g/mol. The molecule has 0 saturated carbocycles. The Morgan fingerprint density at radius 3 is 2.17 bits per heavy atom. The predicted octanol–water partition coefficient (Wildman–Crippen LogP) is 2.79. The average Bonchev–Trinajstić information content (AvgIpc) is 2.61. The zero-order chi connectivity index (χ0) is 17.0. The number of halogens is 1. The molecule has 140 valence electrons.